The maximum atomic E-state index is 12.8. The number of aromatic nitrogens is 1. The number of sulfonamides is 1. The lowest BCUT2D eigenvalue weighted by Gasteiger charge is -2.12. The summed E-state index contributed by atoms with van der Waals surface area (Å²) in [6.45, 7) is 3.50. The molecular weight excluding hydrogens is 368 g/mol. The Labute approximate surface area is 157 Å². The minimum atomic E-state index is -3.83. The molecule has 3 rings (SSSR count). The van der Waals surface area contributed by atoms with Crippen molar-refractivity contribution in [3.05, 3.63) is 65.4 Å². The number of benzene rings is 2. The number of rotatable bonds is 5. The van der Waals surface area contributed by atoms with Crippen LogP contribution < -0.4 is 4.72 Å². The number of hydrogen-bond donors (Lipinski definition) is 1. The number of methoxy groups -OCH3 is 1. The summed E-state index contributed by atoms with van der Waals surface area (Å²) in [5.41, 5.74) is 2.58. The van der Waals surface area contributed by atoms with E-state index in [1.165, 1.54) is 31.4 Å². The number of anilines is 1. The minimum Gasteiger partial charge on any atom is -0.465 e. The maximum absolute atomic E-state index is 12.8. The predicted molar refractivity (Wildman–Crippen MR) is 100 cm³/mol. The lowest BCUT2D eigenvalue weighted by molar-refractivity contribution is 0.0601. The molecule has 0 bridgehead atoms. The van der Waals surface area contributed by atoms with Gasteiger partial charge in [-0.25, -0.2) is 13.2 Å². The smallest absolute Gasteiger partial charge is 0.337 e. The van der Waals surface area contributed by atoms with Gasteiger partial charge in [-0.2, -0.15) is 0 Å². The van der Waals surface area contributed by atoms with Crippen molar-refractivity contribution in [1.29, 1.82) is 0 Å². The van der Waals surface area contributed by atoms with Crippen LogP contribution in [0.15, 0.2) is 57.9 Å². The van der Waals surface area contributed by atoms with Crippen LogP contribution in [0.4, 0.5) is 5.69 Å². The molecule has 0 saturated carbocycles. The fourth-order valence-electron chi connectivity index (χ4n) is 2.54. The van der Waals surface area contributed by atoms with Crippen LogP contribution in [0.25, 0.3) is 11.3 Å². The molecule has 0 unspecified atom stereocenters. The molecule has 140 valence electrons. The van der Waals surface area contributed by atoms with Crippen LogP contribution in [0.5, 0.6) is 0 Å². The summed E-state index contributed by atoms with van der Waals surface area (Å²) < 4.78 is 38.0. The van der Waals surface area contributed by atoms with Crippen molar-refractivity contribution in [3.63, 3.8) is 0 Å². The van der Waals surface area contributed by atoms with E-state index in [0.717, 1.165) is 0 Å². The normalized spacial score (nSPS) is 11.2. The maximum Gasteiger partial charge on any atom is 0.337 e. The Balaban J connectivity index is 1.91. The molecule has 0 spiro atoms. The monoisotopic (exact) mass is 386 g/mol. The van der Waals surface area contributed by atoms with E-state index >= 15 is 0 Å². The number of ether oxygens (including phenoxy) is 1. The van der Waals surface area contributed by atoms with Crippen LogP contribution in [0, 0.1) is 13.8 Å². The van der Waals surface area contributed by atoms with E-state index in [0.29, 0.717) is 33.8 Å². The first-order valence-electron chi connectivity index (χ1n) is 8.06. The molecule has 7 nitrogen and oxygen atoms in total. The van der Waals surface area contributed by atoms with Crippen molar-refractivity contribution in [2.75, 3.05) is 11.8 Å². The Morgan fingerprint density at radius 2 is 1.78 bits per heavy atom. The molecule has 0 aliphatic heterocycles. The highest BCUT2D eigenvalue weighted by Gasteiger charge is 2.19. The van der Waals surface area contributed by atoms with Gasteiger partial charge in [0.2, 0.25) is 0 Å². The zero-order chi connectivity index (χ0) is 19.6. The molecule has 1 heterocycles. The summed E-state index contributed by atoms with van der Waals surface area (Å²) in [5, 5.41) is 3.83. The van der Waals surface area contributed by atoms with Crippen LogP contribution in [-0.4, -0.2) is 26.7 Å². The number of carbonyl (C=O) groups excluding carboxylic acids is 1. The molecule has 8 heteroatoms. The lowest BCUT2D eigenvalue weighted by atomic mass is 10.1. The molecule has 0 aliphatic carbocycles. The standard InChI is InChI=1S/C19H18N2O5S/c1-12-4-5-15(17-10-13(2)20-26-17)11-18(12)27(23,24)21-16-8-6-14(7-9-16)19(22)25-3/h4-11,21H,1-3H3. The Kier molecular flexibility index (Phi) is 5.00. The summed E-state index contributed by atoms with van der Waals surface area (Å²) in [6, 6.07) is 12.8. The fraction of sp³-hybridized carbons (Fsp3) is 0.158. The summed E-state index contributed by atoms with van der Waals surface area (Å²) in [5.74, 6) is 0.00156. The van der Waals surface area contributed by atoms with Crippen molar-refractivity contribution in [1.82, 2.24) is 5.16 Å². The third-order valence-electron chi connectivity index (χ3n) is 3.95. The lowest BCUT2D eigenvalue weighted by Crippen LogP contribution is -2.14. The Hall–Kier alpha value is -3.13. The van der Waals surface area contributed by atoms with E-state index in [2.05, 4.69) is 14.6 Å². The van der Waals surface area contributed by atoms with Gasteiger partial charge in [0.1, 0.15) is 0 Å². The van der Waals surface area contributed by atoms with E-state index in [-0.39, 0.29) is 4.90 Å². The minimum absolute atomic E-state index is 0.131. The molecule has 0 amide bonds. The van der Waals surface area contributed by atoms with Crippen LogP contribution in [0.1, 0.15) is 21.6 Å². The Morgan fingerprint density at radius 3 is 2.37 bits per heavy atom. The summed E-state index contributed by atoms with van der Waals surface area (Å²) in [7, 11) is -2.55. The average molecular weight is 386 g/mol. The molecule has 2 aromatic carbocycles. The predicted octanol–water partition coefficient (Wildman–Crippen LogP) is 3.55. The topological polar surface area (TPSA) is 98.5 Å². The first-order chi connectivity index (χ1) is 12.8. The highest BCUT2D eigenvalue weighted by molar-refractivity contribution is 7.92. The molecule has 1 N–H and O–H groups in total. The largest absolute Gasteiger partial charge is 0.465 e. The van der Waals surface area contributed by atoms with E-state index in [4.69, 9.17) is 4.52 Å². The first-order valence-corrected chi connectivity index (χ1v) is 9.54. The quantitative estimate of drug-likeness (QED) is 0.674. The first kappa shape index (κ1) is 18.7. The van der Waals surface area contributed by atoms with E-state index in [1.807, 2.05) is 0 Å². The van der Waals surface area contributed by atoms with Crippen molar-refractivity contribution in [2.24, 2.45) is 0 Å². The number of hydrogen-bond acceptors (Lipinski definition) is 6. The summed E-state index contributed by atoms with van der Waals surface area (Å²) in [6.07, 6.45) is 0. The molecule has 1 aromatic heterocycles. The van der Waals surface area contributed by atoms with Crippen LogP contribution in [-0.2, 0) is 14.8 Å². The molecule has 0 radical (unpaired) electrons. The van der Waals surface area contributed by atoms with Gasteiger partial charge in [0.15, 0.2) is 5.76 Å². The molecule has 3 aromatic rings. The average Bonchev–Trinajstić information content (AvgIpc) is 3.08. The van der Waals surface area contributed by atoms with Gasteiger partial charge < -0.3 is 9.26 Å². The third kappa shape index (κ3) is 4.01. The van der Waals surface area contributed by atoms with Gasteiger partial charge in [-0.3, -0.25) is 4.72 Å². The van der Waals surface area contributed by atoms with Crippen LogP contribution >= 0.6 is 0 Å². The van der Waals surface area contributed by atoms with Gasteiger partial charge in [0, 0.05) is 17.3 Å². The number of nitrogens with one attached hydrogen (secondary N) is 1. The molecule has 27 heavy (non-hydrogen) atoms. The molecular formula is C19H18N2O5S. The van der Waals surface area contributed by atoms with E-state index in [1.54, 1.807) is 38.1 Å². The molecule has 0 atom stereocenters. The second kappa shape index (κ2) is 7.24. The van der Waals surface area contributed by atoms with Gasteiger partial charge >= 0.3 is 5.97 Å². The van der Waals surface area contributed by atoms with Crippen molar-refractivity contribution < 1.29 is 22.5 Å². The zero-order valence-corrected chi connectivity index (χ0v) is 15.8. The molecule has 0 aliphatic rings. The summed E-state index contributed by atoms with van der Waals surface area (Å²) >= 11 is 0. The van der Waals surface area contributed by atoms with Gasteiger partial charge in [-0.05, 0) is 49.7 Å². The van der Waals surface area contributed by atoms with Crippen LogP contribution in [0.2, 0.25) is 0 Å². The van der Waals surface area contributed by atoms with E-state index in [9.17, 15) is 13.2 Å². The third-order valence-corrected chi connectivity index (χ3v) is 5.47. The molecule has 0 fully saturated rings. The van der Waals surface area contributed by atoms with Gasteiger partial charge in [-0.15, -0.1) is 0 Å². The fourth-order valence-corrected chi connectivity index (χ4v) is 3.88. The summed E-state index contributed by atoms with van der Waals surface area (Å²) in [4.78, 5) is 11.6. The van der Waals surface area contributed by atoms with E-state index < -0.39 is 16.0 Å². The SMILES string of the molecule is COC(=O)c1ccc(NS(=O)(=O)c2cc(-c3cc(C)no3)ccc2C)cc1. The Bertz CT molecular complexity index is 1090. The second-order valence-corrected chi connectivity index (χ2v) is 7.64. The van der Waals surface area contributed by atoms with Gasteiger partial charge in [0.05, 0.1) is 23.3 Å². The highest BCUT2D eigenvalue weighted by atomic mass is 32.2. The zero-order valence-electron chi connectivity index (χ0n) is 15.0. The van der Waals surface area contributed by atoms with Crippen molar-refractivity contribution >= 4 is 21.7 Å². The van der Waals surface area contributed by atoms with Crippen LogP contribution in [0.3, 0.4) is 0 Å². The number of nitrogens with zero attached hydrogens (tertiary/aromatic N) is 1. The highest BCUT2D eigenvalue weighted by Crippen LogP contribution is 2.27. The van der Waals surface area contributed by atoms with Gasteiger partial charge in [-0.1, -0.05) is 17.3 Å². The molecule has 0 saturated heterocycles. The van der Waals surface area contributed by atoms with Gasteiger partial charge in [0.25, 0.3) is 10.0 Å². The Morgan fingerprint density at radius 1 is 1.07 bits per heavy atom. The second-order valence-electron chi connectivity index (χ2n) is 5.99. The number of aryl methyl sites for hydroxylation is 2. The number of carbonyl (C=O) groups is 1. The van der Waals surface area contributed by atoms with Crippen molar-refractivity contribution in [3.8, 4) is 11.3 Å². The number of esters is 1. The van der Waals surface area contributed by atoms with Crippen molar-refractivity contribution in [2.45, 2.75) is 18.7 Å².